The van der Waals surface area contributed by atoms with Crippen LogP contribution in [0.2, 0.25) is 0 Å². The van der Waals surface area contributed by atoms with Gasteiger partial charge in [-0.3, -0.25) is 9.59 Å². The number of ether oxygens (including phenoxy) is 2. The van der Waals surface area contributed by atoms with Gasteiger partial charge in [0.2, 0.25) is 5.91 Å². The number of nitrogens with zero attached hydrogens (tertiary/aromatic N) is 1. The molecule has 2 aliphatic heterocycles. The summed E-state index contributed by atoms with van der Waals surface area (Å²) in [6.45, 7) is 1.95. The van der Waals surface area contributed by atoms with E-state index in [4.69, 9.17) is 9.47 Å². The lowest BCUT2D eigenvalue weighted by Crippen LogP contribution is -2.46. The zero-order valence-corrected chi connectivity index (χ0v) is 16.8. The summed E-state index contributed by atoms with van der Waals surface area (Å²) in [6.07, 6.45) is 0. The summed E-state index contributed by atoms with van der Waals surface area (Å²) >= 11 is 1.60. The molecule has 7 heteroatoms. The number of hydrogen-bond acceptors (Lipinski definition) is 5. The van der Waals surface area contributed by atoms with E-state index in [2.05, 4.69) is 5.32 Å². The Kier molecular flexibility index (Phi) is 4.93. The van der Waals surface area contributed by atoms with Gasteiger partial charge in [-0.15, -0.1) is 11.8 Å². The molecule has 0 spiro atoms. The van der Waals surface area contributed by atoms with Crippen molar-refractivity contribution in [2.24, 2.45) is 0 Å². The van der Waals surface area contributed by atoms with E-state index < -0.39 is 6.04 Å². The fraction of sp³-hybridized carbons (Fsp3) is 0.333. The van der Waals surface area contributed by atoms with Crippen molar-refractivity contribution in [2.75, 3.05) is 20.0 Å². The zero-order valence-electron chi connectivity index (χ0n) is 16.0. The van der Waals surface area contributed by atoms with Gasteiger partial charge in [-0.2, -0.15) is 0 Å². The average Bonchev–Trinajstić information content (AvgIpc) is 3.28. The molecule has 2 aromatic carbocycles. The van der Waals surface area contributed by atoms with Crippen LogP contribution in [0.25, 0.3) is 0 Å². The second kappa shape index (κ2) is 7.39. The SMILES string of the molecule is COc1ccc2c(c1OC)C(=O)N1[C@@H]2SC[C@H]1C(=O)N[C@@H](C)c1ccccc1. The number of methoxy groups -OCH3 is 2. The number of benzene rings is 2. The van der Waals surface area contributed by atoms with Crippen LogP contribution in [-0.4, -0.2) is 42.7 Å². The summed E-state index contributed by atoms with van der Waals surface area (Å²) < 4.78 is 10.8. The third kappa shape index (κ3) is 2.90. The molecule has 0 aromatic heterocycles. The van der Waals surface area contributed by atoms with Crippen LogP contribution in [0.15, 0.2) is 42.5 Å². The Morgan fingerprint density at radius 3 is 2.61 bits per heavy atom. The van der Waals surface area contributed by atoms with Gasteiger partial charge in [0.05, 0.1) is 25.8 Å². The number of carbonyl (C=O) groups excluding carboxylic acids is 2. The van der Waals surface area contributed by atoms with Crippen LogP contribution in [0.5, 0.6) is 11.5 Å². The standard InChI is InChI=1S/C21H22N2O4S/c1-12(13-7-5-4-6-8-13)22-19(24)15-11-28-21-14-9-10-16(26-2)18(27-3)17(14)20(25)23(15)21/h4-10,12,15,21H,11H2,1-3H3,(H,22,24)/t12-,15-,21+/m0/s1. The molecule has 2 aromatic rings. The molecule has 0 bridgehead atoms. The molecule has 1 N–H and O–H groups in total. The number of rotatable bonds is 5. The van der Waals surface area contributed by atoms with Crippen molar-refractivity contribution in [1.82, 2.24) is 10.2 Å². The smallest absolute Gasteiger partial charge is 0.260 e. The van der Waals surface area contributed by atoms with E-state index in [0.717, 1.165) is 11.1 Å². The van der Waals surface area contributed by atoms with E-state index in [0.29, 0.717) is 22.8 Å². The first-order chi connectivity index (χ1) is 13.6. The molecular formula is C21H22N2O4S. The first-order valence-corrected chi connectivity index (χ1v) is 10.2. The van der Waals surface area contributed by atoms with Gasteiger partial charge in [-0.05, 0) is 18.6 Å². The minimum absolute atomic E-state index is 0.132. The zero-order chi connectivity index (χ0) is 19.8. The Labute approximate surface area is 168 Å². The number of hydrogen-bond donors (Lipinski definition) is 1. The summed E-state index contributed by atoms with van der Waals surface area (Å²) in [7, 11) is 3.06. The van der Waals surface area contributed by atoms with Gasteiger partial charge in [-0.25, -0.2) is 0 Å². The predicted octanol–water partition coefficient (Wildman–Crippen LogP) is 3.15. The van der Waals surface area contributed by atoms with Crippen molar-refractivity contribution in [3.05, 3.63) is 59.2 Å². The first kappa shape index (κ1) is 18.7. The maximum atomic E-state index is 13.2. The molecule has 1 fully saturated rings. The number of fused-ring (bicyclic) bond motifs is 3. The van der Waals surface area contributed by atoms with E-state index in [1.165, 1.54) is 7.11 Å². The van der Waals surface area contributed by atoms with Crippen LogP contribution < -0.4 is 14.8 Å². The van der Waals surface area contributed by atoms with Crippen LogP contribution in [0, 0.1) is 0 Å². The number of carbonyl (C=O) groups is 2. The maximum absolute atomic E-state index is 13.2. The summed E-state index contributed by atoms with van der Waals surface area (Å²) in [5.74, 6) is 1.18. The number of nitrogens with one attached hydrogen (secondary N) is 1. The second-order valence-corrected chi connectivity index (χ2v) is 7.93. The highest BCUT2D eigenvalue weighted by atomic mass is 32.2. The highest BCUT2D eigenvalue weighted by Crippen LogP contribution is 2.52. The Bertz CT molecular complexity index is 918. The monoisotopic (exact) mass is 398 g/mol. The molecular weight excluding hydrogens is 376 g/mol. The molecule has 0 saturated carbocycles. The molecule has 2 amide bonds. The molecule has 6 nitrogen and oxygen atoms in total. The topological polar surface area (TPSA) is 67.9 Å². The third-order valence-corrected chi connectivity index (χ3v) is 6.56. The van der Waals surface area contributed by atoms with Crippen molar-refractivity contribution >= 4 is 23.6 Å². The van der Waals surface area contributed by atoms with Gasteiger partial charge < -0.3 is 19.7 Å². The van der Waals surface area contributed by atoms with Crippen LogP contribution in [0.3, 0.4) is 0 Å². The number of amides is 2. The van der Waals surface area contributed by atoms with E-state index >= 15 is 0 Å². The molecule has 0 unspecified atom stereocenters. The lowest BCUT2D eigenvalue weighted by atomic mass is 10.1. The number of thioether (sulfide) groups is 1. The van der Waals surface area contributed by atoms with Crippen molar-refractivity contribution in [3.63, 3.8) is 0 Å². The highest BCUT2D eigenvalue weighted by Gasteiger charge is 2.50. The lowest BCUT2D eigenvalue weighted by molar-refractivity contribution is -0.125. The molecule has 2 heterocycles. The van der Waals surface area contributed by atoms with Gasteiger partial charge in [0.25, 0.3) is 5.91 Å². The summed E-state index contributed by atoms with van der Waals surface area (Å²) in [5.41, 5.74) is 2.40. The van der Waals surface area contributed by atoms with Crippen LogP contribution >= 0.6 is 11.8 Å². The summed E-state index contributed by atoms with van der Waals surface area (Å²) in [6, 6.07) is 12.8. The minimum Gasteiger partial charge on any atom is -0.493 e. The summed E-state index contributed by atoms with van der Waals surface area (Å²) in [4.78, 5) is 27.8. The molecule has 1 saturated heterocycles. The average molecular weight is 398 g/mol. The molecule has 3 atom stereocenters. The van der Waals surface area contributed by atoms with E-state index in [1.807, 2.05) is 43.3 Å². The Morgan fingerprint density at radius 2 is 1.93 bits per heavy atom. The second-order valence-electron chi connectivity index (χ2n) is 6.82. The Hall–Kier alpha value is -2.67. The highest BCUT2D eigenvalue weighted by molar-refractivity contribution is 7.99. The van der Waals surface area contributed by atoms with Crippen molar-refractivity contribution in [2.45, 2.75) is 24.4 Å². The third-order valence-electron chi connectivity index (χ3n) is 5.25. The quantitative estimate of drug-likeness (QED) is 0.838. The van der Waals surface area contributed by atoms with Gasteiger partial charge in [0.1, 0.15) is 11.4 Å². The van der Waals surface area contributed by atoms with E-state index in [-0.39, 0.29) is 23.2 Å². The molecule has 28 heavy (non-hydrogen) atoms. The minimum atomic E-state index is -0.517. The predicted molar refractivity (Wildman–Crippen MR) is 108 cm³/mol. The fourth-order valence-corrected chi connectivity index (χ4v) is 5.28. The molecule has 4 rings (SSSR count). The van der Waals surface area contributed by atoms with Crippen molar-refractivity contribution in [3.8, 4) is 11.5 Å². The normalized spacial score (nSPS) is 21.1. The molecule has 146 valence electrons. The van der Waals surface area contributed by atoms with Crippen LogP contribution in [-0.2, 0) is 4.79 Å². The van der Waals surface area contributed by atoms with Crippen LogP contribution in [0.1, 0.15) is 39.8 Å². The molecule has 0 aliphatic carbocycles. The van der Waals surface area contributed by atoms with E-state index in [1.54, 1.807) is 29.8 Å². The fourth-order valence-electron chi connectivity index (χ4n) is 3.83. The maximum Gasteiger partial charge on any atom is 0.260 e. The Balaban J connectivity index is 1.58. The van der Waals surface area contributed by atoms with Gasteiger partial charge >= 0.3 is 0 Å². The Morgan fingerprint density at radius 1 is 1.18 bits per heavy atom. The molecule has 2 aliphatic rings. The first-order valence-electron chi connectivity index (χ1n) is 9.11. The van der Waals surface area contributed by atoms with Gasteiger partial charge in [0, 0.05) is 11.3 Å². The van der Waals surface area contributed by atoms with E-state index in [9.17, 15) is 9.59 Å². The lowest BCUT2D eigenvalue weighted by Gasteiger charge is -2.24. The van der Waals surface area contributed by atoms with Gasteiger partial charge in [-0.1, -0.05) is 36.4 Å². The van der Waals surface area contributed by atoms with Crippen molar-refractivity contribution < 1.29 is 19.1 Å². The van der Waals surface area contributed by atoms with Crippen LogP contribution in [0.4, 0.5) is 0 Å². The van der Waals surface area contributed by atoms with Crippen molar-refractivity contribution in [1.29, 1.82) is 0 Å². The van der Waals surface area contributed by atoms with Gasteiger partial charge in [0.15, 0.2) is 11.5 Å². The molecule has 0 radical (unpaired) electrons. The largest absolute Gasteiger partial charge is 0.493 e. The summed E-state index contributed by atoms with van der Waals surface area (Å²) in [5, 5.41) is 2.87.